The van der Waals surface area contributed by atoms with Gasteiger partial charge in [-0.1, -0.05) is 6.07 Å². The van der Waals surface area contributed by atoms with E-state index in [1.165, 1.54) is 31.4 Å². The van der Waals surface area contributed by atoms with Gasteiger partial charge in [0.2, 0.25) is 0 Å². The molecule has 5 atom stereocenters. The Morgan fingerprint density at radius 2 is 2.03 bits per heavy atom. The molecule has 0 aromatic heterocycles. The number of methoxy groups -OCH3 is 1. The predicted octanol–water partition coefficient (Wildman–Crippen LogP) is 3.68. The summed E-state index contributed by atoms with van der Waals surface area (Å²) >= 11 is -2.86. The molecular formula is C23H23FNO7S-. The molecule has 5 rings (SSSR count). The van der Waals surface area contributed by atoms with Crippen molar-refractivity contribution >= 4 is 28.6 Å². The van der Waals surface area contributed by atoms with Crippen molar-refractivity contribution in [3.63, 3.8) is 0 Å². The van der Waals surface area contributed by atoms with Crippen LogP contribution in [0.2, 0.25) is 0 Å². The van der Waals surface area contributed by atoms with Crippen molar-refractivity contribution in [2.75, 3.05) is 31.4 Å². The van der Waals surface area contributed by atoms with Crippen LogP contribution in [0.5, 0.6) is 5.75 Å². The van der Waals surface area contributed by atoms with Crippen LogP contribution in [-0.2, 0) is 20.7 Å². The first-order chi connectivity index (χ1) is 15.9. The van der Waals surface area contributed by atoms with E-state index >= 15 is 0 Å². The second kappa shape index (κ2) is 8.68. The summed E-state index contributed by atoms with van der Waals surface area (Å²) in [5.41, 5.74) is 1.26. The van der Waals surface area contributed by atoms with Gasteiger partial charge < -0.3 is 23.9 Å². The SMILES string of the molecule is COCOCC1CC1c1cc(F)ccc1N(c1ccc2c(c1C(=O)O)OCC1CC21)S(=O)[O-]. The number of nitrogens with zero attached hydrogens (tertiary/aromatic N) is 1. The zero-order chi connectivity index (χ0) is 23.3. The summed E-state index contributed by atoms with van der Waals surface area (Å²) in [6, 6.07) is 7.08. The van der Waals surface area contributed by atoms with Crippen molar-refractivity contribution in [1.29, 1.82) is 0 Å². The quantitative estimate of drug-likeness (QED) is 0.334. The molecule has 0 bridgehead atoms. The monoisotopic (exact) mass is 476 g/mol. The zero-order valence-corrected chi connectivity index (χ0v) is 18.7. The number of ether oxygens (including phenoxy) is 3. The zero-order valence-electron chi connectivity index (χ0n) is 17.9. The molecule has 5 unspecified atom stereocenters. The molecule has 8 nitrogen and oxygen atoms in total. The first-order valence-corrected chi connectivity index (χ1v) is 11.7. The fourth-order valence-electron chi connectivity index (χ4n) is 4.81. The van der Waals surface area contributed by atoms with Crippen LogP contribution in [-0.4, -0.2) is 47.0 Å². The maximum atomic E-state index is 14.2. The third-order valence-electron chi connectivity index (χ3n) is 6.58. The average Bonchev–Trinajstić information content (AvgIpc) is 3.69. The van der Waals surface area contributed by atoms with Crippen LogP contribution in [0.1, 0.15) is 46.2 Å². The van der Waals surface area contributed by atoms with Gasteiger partial charge >= 0.3 is 5.97 Å². The van der Waals surface area contributed by atoms with Crippen LogP contribution in [0.25, 0.3) is 0 Å². The topological polar surface area (TPSA) is 108 Å². The highest BCUT2D eigenvalue weighted by atomic mass is 32.2. The molecule has 2 aromatic rings. The van der Waals surface area contributed by atoms with Gasteiger partial charge in [-0.3, -0.25) is 8.51 Å². The molecule has 2 saturated carbocycles. The molecule has 2 aliphatic carbocycles. The number of fused-ring (bicyclic) bond motifs is 3. The number of rotatable bonds is 9. The van der Waals surface area contributed by atoms with Crippen molar-refractivity contribution in [2.24, 2.45) is 11.8 Å². The first kappa shape index (κ1) is 22.3. The van der Waals surface area contributed by atoms with E-state index in [-0.39, 0.29) is 47.2 Å². The molecule has 176 valence electrons. The maximum absolute atomic E-state index is 14.2. The summed E-state index contributed by atoms with van der Waals surface area (Å²) in [6.45, 7) is 0.939. The van der Waals surface area contributed by atoms with E-state index in [0.717, 1.165) is 16.3 Å². The summed E-state index contributed by atoms with van der Waals surface area (Å²) in [4.78, 5) is 12.3. The number of hydrogen-bond acceptors (Lipinski definition) is 6. The Labute approximate surface area is 192 Å². The van der Waals surface area contributed by atoms with E-state index in [9.17, 15) is 23.1 Å². The molecule has 1 N–H and O–H groups in total. The lowest BCUT2D eigenvalue weighted by molar-refractivity contribution is -0.0348. The van der Waals surface area contributed by atoms with Crippen molar-refractivity contribution in [2.45, 2.75) is 24.7 Å². The Kier molecular flexibility index (Phi) is 5.86. The van der Waals surface area contributed by atoms with Crippen LogP contribution >= 0.6 is 0 Å². The summed E-state index contributed by atoms with van der Waals surface area (Å²) < 4.78 is 56.0. The minimum absolute atomic E-state index is 0.0330. The van der Waals surface area contributed by atoms with Gasteiger partial charge in [0.05, 0.1) is 35.9 Å². The number of anilines is 2. The number of carboxylic acids is 1. The van der Waals surface area contributed by atoms with Crippen LogP contribution in [0.15, 0.2) is 30.3 Å². The molecule has 0 spiro atoms. The van der Waals surface area contributed by atoms with Gasteiger partial charge in [-0.2, -0.15) is 0 Å². The van der Waals surface area contributed by atoms with Crippen molar-refractivity contribution in [3.05, 3.63) is 52.8 Å². The lowest BCUT2D eigenvalue weighted by Crippen LogP contribution is -2.25. The van der Waals surface area contributed by atoms with Gasteiger partial charge in [0, 0.05) is 13.0 Å². The second-order valence-electron chi connectivity index (χ2n) is 8.69. The van der Waals surface area contributed by atoms with Gasteiger partial charge in [-0.15, -0.1) is 0 Å². The maximum Gasteiger partial charge on any atom is 0.341 e. The molecule has 0 saturated heterocycles. The number of carbonyl (C=O) groups is 1. The molecule has 0 amide bonds. The Morgan fingerprint density at radius 3 is 2.76 bits per heavy atom. The van der Waals surface area contributed by atoms with E-state index in [2.05, 4.69) is 0 Å². The molecule has 3 aliphatic rings. The minimum Gasteiger partial charge on any atom is -0.755 e. The fraction of sp³-hybridized carbons (Fsp3) is 0.435. The summed E-state index contributed by atoms with van der Waals surface area (Å²) in [6.07, 6.45) is 1.63. The van der Waals surface area contributed by atoms with Crippen LogP contribution in [0.3, 0.4) is 0 Å². The molecule has 0 radical (unpaired) electrons. The van der Waals surface area contributed by atoms with Crippen molar-refractivity contribution < 1.29 is 37.3 Å². The van der Waals surface area contributed by atoms with Gasteiger partial charge in [-0.25, -0.2) is 9.18 Å². The van der Waals surface area contributed by atoms with Gasteiger partial charge in [0.1, 0.15) is 23.9 Å². The molecule has 2 fully saturated rings. The van der Waals surface area contributed by atoms with E-state index in [0.29, 0.717) is 31.1 Å². The molecule has 1 heterocycles. The molecule has 2 aromatic carbocycles. The highest BCUT2D eigenvalue weighted by Gasteiger charge is 2.46. The number of aromatic carboxylic acids is 1. The first-order valence-electron chi connectivity index (χ1n) is 10.7. The van der Waals surface area contributed by atoms with E-state index in [1.807, 2.05) is 0 Å². The Bertz CT molecular complexity index is 1130. The van der Waals surface area contributed by atoms with Gasteiger partial charge in [-0.05, 0) is 66.0 Å². The highest BCUT2D eigenvalue weighted by molar-refractivity contribution is 7.81. The normalized spacial score (nSPS) is 25.4. The largest absolute Gasteiger partial charge is 0.755 e. The third-order valence-corrected chi connectivity index (χ3v) is 7.27. The predicted molar refractivity (Wildman–Crippen MR) is 116 cm³/mol. The number of carboxylic acid groups (broad SMARTS) is 1. The lowest BCUT2D eigenvalue weighted by atomic mass is 9.99. The van der Waals surface area contributed by atoms with E-state index < -0.39 is 23.1 Å². The minimum atomic E-state index is -2.86. The smallest absolute Gasteiger partial charge is 0.341 e. The Balaban J connectivity index is 1.56. The molecule has 1 aliphatic heterocycles. The van der Waals surface area contributed by atoms with Gasteiger partial charge in [0.25, 0.3) is 0 Å². The number of halogens is 1. The standard InChI is InChI=1S/C23H24FNO7S/c1-30-11-31-9-12-6-17(12)18-8-14(24)2-4-19(18)25(33(28)29)20-5-3-15-16-7-13(16)10-32-22(15)21(20)23(26)27/h2-5,8,12-13,16-17H,6-7,9-11H2,1H3,(H,26,27)(H,28,29)/p-1. The molecule has 33 heavy (non-hydrogen) atoms. The fourth-order valence-corrected chi connectivity index (χ4v) is 5.45. The third kappa shape index (κ3) is 4.12. The van der Waals surface area contributed by atoms with Crippen molar-refractivity contribution in [1.82, 2.24) is 0 Å². The molecule has 10 heteroatoms. The molecular weight excluding hydrogens is 453 g/mol. The Hall–Kier alpha value is -2.53. The second-order valence-corrected chi connectivity index (χ2v) is 9.49. The van der Waals surface area contributed by atoms with Crippen LogP contribution < -0.4 is 9.04 Å². The summed E-state index contributed by atoms with van der Waals surface area (Å²) in [5, 5.41) is 10.0. The number of hydrogen-bond donors (Lipinski definition) is 1. The summed E-state index contributed by atoms with van der Waals surface area (Å²) in [7, 11) is 1.52. The highest BCUT2D eigenvalue weighted by Crippen LogP contribution is 2.56. The summed E-state index contributed by atoms with van der Waals surface area (Å²) in [5.74, 6) is -0.972. The van der Waals surface area contributed by atoms with E-state index in [4.69, 9.17) is 14.2 Å². The lowest BCUT2D eigenvalue weighted by Gasteiger charge is -2.31. The van der Waals surface area contributed by atoms with Crippen molar-refractivity contribution in [3.8, 4) is 5.75 Å². The van der Waals surface area contributed by atoms with Crippen LogP contribution in [0, 0.1) is 17.7 Å². The van der Waals surface area contributed by atoms with Crippen LogP contribution in [0.4, 0.5) is 15.8 Å². The average molecular weight is 477 g/mol. The van der Waals surface area contributed by atoms with E-state index in [1.54, 1.807) is 6.07 Å². The number of benzene rings is 2. The Morgan fingerprint density at radius 1 is 1.24 bits per heavy atom. The van der Waals surface area contributed by atoms with Gasteiger partial charge in [0.15, 0.2) is 0 Å².